The van der Waals surface area contributed by atoms with Crippen LogP contribution in [0.5, 0.6) is 0 Å². The maximum Gasteiger partial charge on any atom is 0.251 e. The van der Waals surface area contributed by atoms with Crippen LogP contribution in [0.15, 0.2) is 58.3 Å². The van der Waals surface area contributed by atoms with Crippen LogP contribution in [-0.2, 0) is 19.9 Å². The van der Waals surface area contributed by atoms with Crippen molar-refractivity contribution in [3.8, 4) is 0 Å². The van der Waals surface area contributed by atoms with Gasteiger partial charge in [-0.05, 0) is 67.1 Å². The van der Waals surface area contributed by atoms with Crippen molar-refractivity contribution in [3.05, 3.63) is 59.7 Å². The van der Waals surface area contributed by atoms with E-state index in [-0.39, 0.29) is 21.7 Å². The number of rotatable bonds is 6. The summed E-state index contributed by atoms with van der Waals surface area (Å²) in [5, 5.41) is 2.86. The minimum atomic E-state index is -3.60. The first kappa shape index (κ1) is 24.4. The van der Waals surface area contributed by atoms with Gasteiger partial charge in [0.1, 0.15) is 0 Å². The molecule has 32 heavy (non-hydrogen) atoms. The molecule has 7 nitrogen and oxygen atoms in total. The standard InChI is InChI=1S/C23H30N2O5S2/c1-16-13-17(2)15-25(14-16)32(29,30)22-11-7-20(8-12-22)23(26)24-18(3)19-5-9-21(10-6-19)31(4,27)28/h5-12,16-18H,13-15H2,1-4H3,(H,24,26)/t16-,17-,18+/m1/s1. The first-order chi connectivity index (χ1) is 14.9. The number of amides is 1. The molecule has 1 heterocycles. The van der Waals surface area contributed by atoms with Crippen molar-refractivity contribution >= 4 is 25.8 Å². The second kappa shape index (κ2) is 9.33. The lowest BCUT2D eigenvalue weighted by atomic mass is 9.94. The summed E-state index contributed by atoms with van der Waals surface area (Å²) in [6.07, 6.45) is 2.16. The number of hydrogen-bond donors (Lipinski definition) is 1. The Bertz CT molecular complexity index is 1160. The predicted octanol–water partition coefficient (Wildman–Crippen LogP) is 3.25. The molecule has 1 saturated heterocycles. The molecule has 2 aromatic rings. The number of carbonyl (C=O) groups is 1. The van der Waals surface area contributed by atoms with E-state index in [1.54, 1.807) is 19.1 Å². The molecule has 1 N–H and O–H groups in total. The van der Waals surface area contributed by atoms with E-state index >= 15 is 0 Å². The fourth-order valence-electron chi connectivity index (χ4n) is 4.10. The molecule has 0 unspecified atom stereocenters. The van der Waals surface area contributed by atoms with Crippen LogP contribution in [0.3, 0.4) is 0 Å². The molecular formula is C23H30N2O5S2. The summed E-state index contributed by atoms with van der Waals surface area (Å²) in [6.45, 7) is 6.92. The van der Waals surface area contributed by atoms with Crippen LogP contribution in [0.2, 0.25) is 0 Å². The summed E-state index contributed by atoms with van der Waals surface area (Å²) < 4.78 is 50.7. The maximum absolute atomic E-state index is 13.0. The van der Waals surface area contributed by atoms with Crippen LogP contribution in [0.1, 0.15) is 49.2 Å². The molecule has 174 valence electrons. The summed E-state index contributed by atoms with van der Waals surface area (Å²) in [5.41, 5.74) is 1.11. The quantitative estimate of drug-likeness (QED) is 0.687. The van der Waals surface area contributed by atoms with Gasteiger partial charge in [-0.1, -0.05) is 26.0 Å². The summed E-state index contributed by atoms with van der Waals surface area (Å²) in [6, 6.07) is 12.0. The van der Waals surface area contributed by atoms with Crippen molar-refractivity contribution in [2.45, 2.75) is 43.0 Å². The average molecular weight is 479 g/mol. The van der Waals surface area contributed by atoms with Gasteiger partial charge in [0.25, 0.3) is 5.91 Å². The average Bonchev–Trinajstić information content (AvgIpc) is 2.72. The molecule has 1 fully saturated rings. The van der Waals surface area contributed by atoms with Crippen molar-refractivity contribution in [1.29, 1.82) is 0 Å². The first-order valence-corrected chi connectivity index (χ1v) is 13.9. The number of nitrogens with one attached hydrogen (secondary N) is 1. The highest BCUT2D eigenvalue weighted by Crippen LogP contribution is 2.27. The zero-order chi connectivity index (χ0) is 23.7. The van der Waals surface area contributed by atoms with E-state index in [0.29, 0.717) is 30.5 Å². The molecule has 2 aromatic carbocycles. The van der Waals surface area contributed by atoms with Crippen molar-refractivity contribution in [3.63, 3.8) is 0 Å². The minimum Gasteiger partial charge on any atom is -0.346 e. The lowest BCUT2D eigenvalue weighted by molar-refractivity contribution is 0.0939. The summed E-state index contributed by atoms with van der Waals surface area (Å²) in [7, 11) is -6.88. The zero-order valence-corrected chi connectivity index (χ0v) is 20.4. The number of piperidine rings is 1. The molecule has 1 aliphatic rings. The van der Waals surface area contributed by atoms with Crippen LogP contribution in [0.4, 0.5) is 0 Å². The SMILES string of the molecule is C[C@@H]1C[C@@H](C)CN(S(=O)(=O)c2ccc(C(=O)N[C@@H](C)c3ccc(S(C)(=O)=O)cc3)cc2)C1. The Morgan fingerprint density at radius 3 is 1.91 bits per heavy atom. The van der Waals surface area contributed by atoms with Gasteiger partial charge >= 0.3 is 0 Å². The largest absolute Gasteiger partial charge is 0.346 e. The van der Waals surface area contributed by atoms with E-state index in [1.165, 1.54) is 40.7 Å². The fourth-order valence-corrected chi connectivity index (χ4v) is 6.41. The Morgan fingerprint density at radius 1 is 0.906 bits per heavy atom. The van der Waals surface area contributed by atoms with E-state index in [4.69, 9.17) is 0 Å². The maximum atomic E-state index is 13.0. The van der Waals surface area contributed by atoms with Crippen molar-refractivity contribution in [1.82, 2.24) is 9.62 Å². The van der Waals surface area contributed by atoms with E-state index in [0.717, 1.165) is 18.2 Å². The third kappa shape index (κ3) is 5.57. The summed E-state index contributed by atoms with van der Waals surface area (Å²) in [5.74, 6) is 0.284. The summed E-state index contributed by atoms with van der Waals surface area (Å²) in [4.78, 5) is 13.0. The Hall–Kier alpha value is -2.23. The van der Waals surface area contributed by atoms with E-state index in [2.05, 4.69) is 19.2 Å². The lowest BCUT2D eigenvalue weighted by Crippen LogP contribution is -2.42. The second-order valence-corrected chi connectivity index (χ2v) is 12.8. The molecule has 0 bridgehead atoms. The van der Waals surface area contributed by atoms with Gasteiger partial charge in [-0.2, -0.15) is 4.31 Å². The Kier molecular flexibility index (Phi) is 7.12. The number of sulfone groups is 1. The molecule has 3 rings (SSSR count). The van der Waals surface area contributed by atoms with Crippen molar-refractivity contribution < 1.29 is 21.6 Å². The monoisotopic (exact) mass is 478 g/mol. The van der Waals surface area contributed by atoms with Crippen LogP contribution >= 0.6 is 0 Å². The van der Waals surface area contributed by atoms with E-state index < -0.39 is 19.9 Å². The van der Waals surface area contributed by atoms with E-state index in [9.17, 15) is 21.6 Å². The van der Waals surface area contributed by atoms with Gasteiger partial charge in [0.2, 0.25) is 10.0 Å². The molecular weight excluding hydrogens is 448 g/mol. The number of nitrogens with zero attached hydrogens (tertiary/aromatic N) is 1. The summed E-state index contributed by atoms with van der Waals surface area (Å²) >= 11 is 0. The van der Waals surface area contributed by atoms with Crippen LogP contribution in [0.25, 0.3) is 0 Å². The Balaban J connectivity index is 1.69. The van der Waals surface area contributed by atoms with Gasteiger partial charge in [-0.15, -0.1) is 0 Å². The molecule has 0 spiro atoms. The van der Waals surface area contributed by atoms with Crippen LogP contribution in [0, 0.1) is 11.8 Å². The van der Waals surface area contributed by atoms with Gasteiger partial charge < -0.3 is 5.32 Å². The molecule has 9 heteroatoms. The molecule has 0 aromatic heterocycles. The van der Waals surface area contributed by atoms with Crippen molar-refractivity contribution in [2.24, 2.45) is 11.8 Å². The number of sulfonamides is 1. The van der Waals surface area contributed by atoms with Crippen molar-refractivity contribution in [2.75, 3.05) is 19.3 Å². The third-order valence-corrected chi connectivity index (χ3v) is 8.72. The zero-order valence-electron chi connectivity index (χ0n) is 18.8. The molecule has 1 amide bonds. The molecule has 1 aliphatic heterocycles. The van der Waals surface area contributed by atoms with Gasteiger partial charge in [0.15, 0.2) is 9.84 Å². The smallest absolute Gasteiger partial charge is 0.251 e. The Labute approximate surface area is 190 Å². The number of benzene rings is 2. The first-order valence-electron chi connectivity index (χ1n) is 10.6. The van der Waals surface area contributed by atoms with Crippen LogP contribution < -0.4 is 5.32 Å². The second-order valence-electron chi connectivity index (χ2n) is 8.83. The number of carbonyl (C=O) groups excluding carboxylic acids is 1. The molecule has 0 saturated carbocycles. The van der Waals surface area contributed by atoms with Gasteiger partial charge in [0, 0.05) is 24.9 Å². The molecule has 0 aliphatic carbocycles. The van der Waals surface area contributed by atoms with Gasteiger partial charge in [-0.25, -0.2) is 16.8 Å². The molecule has 3 atom stereocenters. The van der Waals surface area contributed by atoms with Crippen LogP contribution in [-0.4, -0.2) is 46.4 Å². The highest BCUT2D eigenvalue weighted by molar-refractivity contribution is 7.90. The third-order valence-electron chi connectivity index (χ3n) is 5.75. The lowest BCUT2D eigenvalue weighted by Gasteiger charge is -2.34. The van der Waals surface area contributed by atoms with E-state index in [1.807, 2.05) is 0 Å². The highest BCUT2D eigenvalue weighted by atomic mass is 32.2. The van der Waals surface area contributed by atoms with Gasteiger partial charge in [-0.3, -0.25) is 4.79 Å². The molecule has 0 radical (unpaired) electrons. The fraction of sp³-hybridized carbons (Fsp3) is 0.435. The Morgan fingerprint density at radius 2 is 1.41 bits per heavy atom. The number of hydrogen-bond acceptors (Lipinski definition) is 5. The topological polar surface area (TPSA) is 101 Å². The predicted molar refractivity (Wildman–Crippen MR) is 124 cm³/mol. The highest BCUT2D eigenvalue weighted by Gasteiger charge is 2.31. The minimum absolute atomic E-state index is 0.180. The normalized spacial score (nSPS) is 21.1. The van der Waals surface area contributed by atoms with Gasteiger partial charge in [0.05, 0.1) is 15.8 Å².